The van der Waals surface area contributed by atoms with Crippen molar-refractivity contribution in [3.8, 4) is 0 Å². The lowest BCUT2D eigenvalue weighted by Gasteiger charge is -2.16. The monoisotopic (exact) mass is 313 g/mol. The normalized spacial score (nSPS) is 11.1. The SMILES string of the molecule is CN(Cc1cnn(C)c1)C(=O)Cn1c(=O)n(C)c2ccccc21. The first-order valence-electron chi connectivity index (χ1n) is 7.33. The fourth-order valence-corrected chi connectivity index (χ4v) is 2.69. The van der Waals surface area contributed by atoms with E-state index in [2.05, 4.69) is 5.10 Å². The molecule has 2 heterocycles. The maximum Gasteiger partial charge on any atom is 0.329 e. The molecule has 0 aliphatic rings. The summed E-state index contributed by atoms with van der Waals surface area (Å²) in [4.78, 5) is 26.4. The Labute approximate surface area is 133 Å². The zero-order chi connectivity index (χ0) is 16.6. The Kier molecular flexibility index (Phi) is 3.77. The number of benzene rings is 1. The minimum absolute atomic E-state index is 0.0248. The first-order chi connectivity index (χ1) is 11.0. The zero-order valence-electron chi connectivity index (χ0n) is 13.4. The number of carbonyl (C=O) groups excluding carboxylic acids is 1. The van der Waals surface area contributed by atoms with Crippen LogP contribution in [0.2, 0.25) is 0 Å². The number of imidazole rings is 1. The second kappa shape index (κ2) is 5.75. The van der Waals surface area contributed by atoms with Crippen LogP contribution in [0, 0.1) is 0 Å². The quantitative estimate of drug-likeness (QED) is 0.713. The molecule has 0 saturated carbocycles. The first kappa shape index (κ1) is 15.1. The highest BCUT2D eigenvalue weighted by Gasteiger charge is 2.16. The molecule has 0 aliphatic carbocycles. The Morgan fingerprint density at radius 2 is 1.91 bits per heavy atom. The number of nitrogens with zero attached hydrogens (tertiary/aromatic N) is 5. The molecule has 3 rings (SSSR count). The Balaban J connectivity index is 1.83. The van der Waals surface area contributed by atoms with E-state index in [4.69, 9.17) is 0 Å². The fraction of sp³-hybridized carbons (Fsp3) is 0.312. The van der Waals surface area contributed by atoms with Crippen LogP contribution < -0.4 is 5.69 Å². The average molecular weight is 313 g/mol. The smallest absolute Gasteiger partial charge is 0.329 e. The van der Waals surface area contributed by atoms with Crippen molar-refractivity contribution in [3.05, 3.63) is 52.7 Å². The summed E-state index contributed by atoms with van der Waals surface area (Å²) in [5, 5.41) is 4.09. The number of hydrogen-bond donors (Lipinski definition) is 0. The second-order valence-electron chi connectivity index (χ2n) is 5.69. The van der Waals surface area contributed by atoms with Gasteiger partial charge >= 0.3 is 5.69 Å². The zero-order valence-corrected chi connectivity index (χ0v) is 13.4. The summed E-state index contributed by atoms with van der Waals surface area (Å²) in [5.41, 5.74) is 2.35. The molecule has 0 N–H and O–H groups in total. The van der Waals surface area contributed by atoms with Crippen LogP contribution in [-0.2, 0) is 32.0 Å². The van der Waals surface area contributed by atoms with E-state index >= 15 is 0 Å². The molecule has 0 aliphatic heterocycles. The van der Waals surface area contributed by atoms with Crippen molar-refractivity contribution < 1.29 is 4.79 Å². The molecule has 0 radical (unpaired) electrons. The van der Waals surface area contributed by atoms with E-state index in [0.29, 0.717) is 6.54 Å². The number of carbonyl (C=O) groups is 1. The van der Waals surface area contributed by atoms with Gasteiger partial charge in [0, 0.05) is 39.4 Å². The lowest BCUT2D eigenvalue weighted by molar-refractivity contribution is -0.131. The highest BCUT2D eigenvalue weighted by atomic mass is 16.2. The molecule has 7 heteroatoms. The van der Waals surface area contributed by atoms with E-state index in [0.717, 1.165) is 16.6 Å². The minimum atomic E-state index is -0.186. The minimum Gasteiger partial charge on any atom is -0.340 e. The van der Waals surface area contributed by atoms with Gasteiger partial charge in [-0.05, 0) is 12.1 Å². The molecule has 120 valence electrons. The van der Waals surface area contributed by atoms with Crippen molar-refractivity contribution in [2.75, 3.05) is 7.05 Å². The van der Waals surface area contributed by atoms with Gasteiger partial charge in [-0.2, -0.15) is 5.10 Å². The van der Waals surface area contributed by atoms with Gasteiger partial charge in [0.25, 0.3) is 0 Å². The van der Waals surface area contributed by atoms with Crippen LogP contribution in [-0.4, -0.2) is 36.8 Å². The summed E-state index contributed by atoms with van der Waals surface area (Å²) >= 11 is 0. The molecule has 0 fully saturated rings. The van der Waals surface area contributed by atoms with Gasteiger partial charge in [-0.15, -0.1) is 0 Å². The second-order valence-corrected chi connectivity index (χ2v) is 5.69. The van der Waals surface area contributed by atoms with Crippen LogP contribution in [0.25, 0.3) is 11.0 Å². The van der Waals surface area contributed by atoms with E-state index in [9.17, 15) is 9.59 Å². The van der Waals surface area contributed by atoms with Crippen LogP contribution in [0.5, 0.6) is 0 Å². The highest BCUT2D eigenvalue weighted by molar-refractivity contribution is 5.80. The standard InChI is InChI=1S/C16H19N5O2/c1-18(9-12-8-17-19(2)10-12)15(22)11-21-14-7-5-4-6-13(14)20(3)16(21)23/h4-8,10H,9,11H2,1-3H3. The van der Waals surface area contributed by atoms with Gasteiger partial charge in [0.15, 0.2) is 0 Å². The Bertz CT molecular complexity index is 918. The molecule has 0 unspecified atom stereocenters. The topological polar surface area (TPSA) is 65.1 Å². The van der Waals surface area contributed by atoms with Gasteiger partial charge < -0.3 is 4.90 Å². The highest BCUT2D eigenvalue weighted by Crippen LogP contribution is 2.12. The lowest BCUT2D eigenvalue weighted by Crippen LogP contribution is -2.33. The summed E-state index contributed by atoms with van der Waals surface area (Å²) in [7, 11) is 5.28. The number of hydrogen-bond acceptors (Lipinski definition) is 3. The van der Waals surface area contributed by atoms with E-state index in [1.54, 1.807) is 34.4 Å². The molecule has 2 aromatic heterocycles. The number of amides is 1. The molecule has 1 aromatic carbocycles. The maximum atomic E-state index is 12.5. The molecule has 1 amide bonds. The number of para-hydroxylation sites is 2. The molecular weight excluding hydrogens is 294 g/mol. The molecule has 0 atom stereocenters. The maximum absolute atomic E-state index is 12.5. The van der Waals surface area contributed by atoms with Crippen molar-refractivity contribution in [2.45, 2.75) is 13.1 Å². The van der Waals surface area contributed by atoms with Crippen molar-refractivity contribution in [2.24, 2.45) is 14.1 Å². The van der Waals surface area contributed by atoms with Gasteiger partial charge in [-0.25, -0.2) is 4.79 Å². The van der Waals surface area contributed by atoms with Gasteiger partial charge in [-0.3, -0.25) is 18.6 Å². The third-order valence-corrected chi connectivity index (χ3v) is 3.95. The molecule has 23 heavy (non-hydrogen) atoms. The number of aryl methyl sites for hydroxylation is 2. The molecule has 3 aromatic rings. The summed E-state index contributed by atoms with van der Waals surface area (Å²) in [6.07, 6.45) is 3.60. The van der Waals surface area contributed by atoms with E-state index in [1.807, 2.05) is 37.5 Å². The molecular formula is C16H19N5O2. The van der Waals surface area contributed by atoms with Crippen LogP contribution in [0.1, 0.15) is 5.56 Å². The number of rotatable bonds is 4. The third kappa shape index (κ3) is 2.77. The summed E-state index contributed by atoms with van der Waals surface area (Å²) in [6, 6.07) is 7.47. The predicted octanol–water partition coefficient (Wildman–Crippen LogP) is 0.732. The van der Waals surface area contributed by atoms with Gasteiger partial charge in [0.05, 0.1) is 17.2 Å². The summed E-state index contributed by atoms with van der Waals surface area (Å²) < 4.78 is 4.77. The van der Waals surface area contributed by atoms with Crippen LogP contribution >= 0.6 is 0 Å². The predicted molar refractivity (Wildman–Crippen MR) is 86.9 cm³/mol. The van der Waals surface area contributed by atoms with Gasteiger partial charge in [0.1, 0.15) is 6.54 Å². The van der Waals surface area contributed by atoms with E-state index in [-0.39, 0.29) is 18.1 Å². The van der Waals surface area contributed by atoms with Gasteiger partial charge in [0.2, 0.25) is 5.91 Å². The molecule has 0 spiro atoms. The van der Waals surface area contributed by atoms with Gasteiger partial charge in [-0.1, -0.05) is 12.1 Å². The largest absolute Gasteiger partial charge is 0.340 e. The van der Waals surface area contributed by atoms with E-state index in [1.165, 1.54) is 4.57 Å². The van der Waals surface area contributed by atoms with Crippen molar-refractivity contribution in [3.63, 3.8) is 0 Å². The fourth-order valence-electron chi connectivity index (χ4n) is 2.69. The number of aromatic nitrogens is 4. The van der Waals surface area contributed by atoms with Crippen molar-refractivity contribution in [1.82, 2.24) is 23.8 Å². The molecule has 0 saturated heterocycles. The Hall–Kier alpha value is -2.83. The van der Waals surface area contributed by atoms with Crippen LogP contribution in [0.3, 0.4) is 0 Å². The van der Waals surface area contributed by atoms with Crippen LogP contribution in [0.15, 0.2) is 41.5 Å². The third-order valence-electron chi connectivity index (χ3n) is 3.95. The Morgan fingerprint density at radius 1 is 1.22 bits per heavy atom. The van der Waals surface area contributed by atoms with Crippen molar-refractivity contribution >= 4 is 16.9 Å². The van der Waals surface area contributed by atoms with Crippen LogP contribution in [0.4, 0.5) is 0 Å². The van der Waals surface area contributed by atoms with Crippen molar-refractivity contribution in [1.29, 1.82) is 0 Å². The first-order valence-corrected chi connectivity index (χ1v) is 7.33. The average Bonchev–Trinajstić information content (AvgIpc) is 3.04. The molecule has 7 nitrogen and oxygen atoms in total. The molecule has 0 bridgehead atoms. The number of fused-ring (bicyclic) bond motifs is 1. The van der Waals surface area contributed by atoms with E-state index < -0.39 is 0 Å². The summed E-state index contributed by atoms with van der Waals surface area (Å²) in [6.45, 7) is 0.489. The lowest BCUT2D eigenvalue weighted by atomic mass is 10.3. The Morgan fingerprint density at radius 3 is 2.57 bits per heavy atom. The summed E-state index contributed by atoms with van der Waals surface area (Å²) in [5.74, 6) is -0.118. The number of likely N-dealkylation sites (N-methyl/N-ethyl adjacent to an activating group) is 1.